The van der Waals surface area contributed by atoms with E-state index in [1.54, 1.807) is 0 Å². The lowest BCUT2D eigenvalue weighted by atomic mass is 9.98. The van der Waals surface area contributed by atoms with E-state index in [-0.39, 0.29) is 0 Å². The first kappa shape index (κ1) is 26.6. The Bertz CT molecular complexity index is 2710. The van der Waals surface area contributed by atoms with E-state index in [2.05, 4.69) is 122 Å². The van der Waals surface area contributed by atoms with Crippen molar-refractivity contribution in [2.45, 2.75) is 34.6 Å². The predicted octanol–water partition coefficient (Wildman–Crippen LogP) is 9.99. The molecule has 6 nitrogen and oxygen atoms in total. The molecule has 46 heavy (non-hydrogen) atoms. The van der Waals surface area contributed by atoms with Gasteiger partial charge in [-0.25, -0.2) is 15.0 Å². The number of imidazole rings is 2. The molecule has 0 unspecified atom stereocenters. The summed E-state index contributed by atoms with van der Waals surface area (Å²) in [6, 6.07) is 29.7. The Hall–Kier alpha value is -5.75. The van der Waals surface area contributed by atoms with Crippen LogP contribution in [0.4, 0.5) is 0 Å². The van der Waals surface area contributed by atoms with Crippen molar-refractivity contribution in [2.75, 3.05) is 0 Å². The number of aromatic nitrogens is 5. The Morgan fingerprint density at radius 3 is 2.02 bits per heavy atom. The Morgan fingerprint density at radius 1 is 0.587 bits per heavy atom. The molecule has 0 saturated heterocycles. The van der Waals surface area contributed by atoms with E-state index in [1.807, 2.05) is 18.3 Å². The molecule has 6 heteroatoms. The van der Waals surface area contributed by atoms with Gasteiger partial charge in [-0.05, 0) is 111 Å². The van der Waals surface area contributed by atoms with Gasteiger partial charge in [0.2, 0.25) is 0 Å². The van der Waals surface area contributed by atoms with Crippen molar-refractivity contribution in [3.63, 3.8) is 0 Å². The van der Waals surface area contributed by atoms with E-state index in [9.17, 15) is 0 Å². The predicted molar refractivity (Wildman–Crippen MR) is 187 cm³/mol. The fourth-order valence-corrected chi connectivity index (χ4v) is 7.37. The molecule has 222 valence electrons. The van der Waals surface area contributed by atoms with Crippen molar-refractivity contribution >= 4 is 54.8 Å². The van der Waals surface area contributed by atoms with Gasteiger partial charge in [0.15, 0.2) is 0 Å². The van der Waals surface area contributed by atoms with Gasteiger partial charge in [-0.15, -0.1) is 0 Å². The van der Waals surface area contributed by atoms with Crippen molar-refractivity contribution in [1.29, 1.82) is 0 Å². The van der Waals surface area contributed by atoms with Crippen LogP contribution in [0.15, 0.2) is 97.3 Å². The number of hydrogen-bond donors (Lipinski definition) is 0. The molecule has 0 amide bonds. The molecule has 5 heterocycles. The maximum absolute atomic E-state index is 6.61. The van der Waals surface area contributed by atoms with Crippen molar-refractivity contribution < 1.29 is 4.74 Å². The number of hydrogen-bond acceptors (Lipinski definition) is 4. The van der Waals surface area contributed by atoms with Crippen molar-refractivity contribution in [2.24, 2.45) is 0 Å². The van der Waals surface area contributed by atoms with Gasteiger partial charge in [-0.2, -0.15) is 0 Å². The topological polar surface area (TPSA) is 56.7 Å². The lowest BCUT2D eigenvalue weighted by molar-refractivity contribution is 0.484. The summed E-state index contributed by atoms with van der Waals surface area (Å²) < 4.78 is 11.0. The summed E-state index contributed by atoms with van der Waals surface area (Å²) in [4.78, 5) is 15.0. The standard InChI is InChI=1S/C40H31N5O/c1-22-17-23(2)37(24(3)18-22)35-21-44-38-32(10-8-16-41-38)30-15-13-27(19-33(30)39(44)43-35)46-28-12-14-29-31-9-6-7-11-36(31)45-26(5)25(4)42-40(45)34(29)20-28/h6-21H,1-5H3. The Kier molecular flexibility index (Phi) is 5.57. The number of para-hydroxylation sites is 1. The van der Waals surface area contributed by atoms with Crippen LogP contribution < -0.4 is 4.74 Å². The molecular weight excluding hydrogens is 566 g/mol. The lowest BCUT2D eigenvalue weighted by Crippen LogP contribution is -1.94. The number of nitrogens with zero attached hydrogens (tertiary/aromatic N) is 5. The van der Waals surface area contributed by atoms with Crippen molar-refractivity contribution in [1.82, 2.24) is 23.8 Å². The highest BCUT2D eigenvalue weighted by Gasteiger charge is 2.18. The van der Waals surface area contributed by atoms with Gasteiger partial charge in [-0.3, -0.25) is 8.80 Å². The van der Waals surface area contributed by atoms with Gasteiger partial charge in [0.25, 0.3) is 0 Å². The Morgan fingerprint density at radius 2 is 1.26 bits per heavy atom. The maximum Gasteiger partial charge on any atom is 0.147 e. The zero-order chi connectivity index (χ0) is 31.3. The first-order valence-corrected chi connectivity index (χ1v) is 15.6. The summed E-state index contributed by atoms with van der Waals surface area (Å²) in [7, 11) is 0. The summed E-state index contributed by atoms with van der Waals surface area (Å²) >= 11 is 0. The number of ether oxygens (including phenoxy) is 1. The Labute approximate surface area is 265 Å². The first-order valence-electron chi connectivity index (χ1n) is 15.6. The molecular formula is C40H31N5O. The molecule has 0 aliphatic heterocycles. The molecule has 0 aliphatic rings. The highest BCUT2D eigenvalue weighted by atomic mass is 16.5. The van der Waals surface area contributed by atoms with Gasteiger partial charge in [-0.1, -0.05) is 35.9 Å². The fourth-order valence-electron chi connectivity index (χ4n) is 7.37. The molecule has 9 rings (SSSR count). The summed E-state index contributed by atoms with van der Waals surface area (Å²) in [6.45, 7) is 10.7. The molecule has 0 bridgehead atoms. The van der Waals surface area contributed by atoms with E-state index in [0.29, 0.717) is 0 Å². The van der Waals surface area contributed by atoms with Crippen LogP contribution in [0.5, 0.6) is 11.5 Å². The summed E-state index contributed by atoms with van der Waals surface area (Å²) in [5.74, 6) is 1.51. The van der Waals surface area contributed by atoms with Gasteiger partial charge in [0.1, 0.15) is 28.4 Å². The van der Waals surface area contributed by atoms with Crippen LogP contribution in [0, 0.1) is 34.6 Å². The van der Waals surface area contributed by atoms with E-state index >= 15 is 0 Å². The van der Waals surface area contributed by atoms with Gasteiger partial charge < -0.3 is 4.74 Å². The third-order valence-electron chi connectivity index (χ3n) is 9.42. The van der Waals surface area contributed by atoms with Gasteiger partial charge in [0.05, 0.1) is 16.9 Å². The fraction of sp³-hybridized carbons (Fsp3) is 0.125. The van der Waals surface area contributed by atoms with E-state index < -0.39 is 0 Å². The molecule has 9 aromatic rings. The van der Waals surface area contributed by atoms with Gasteiger partial charge >= 0.3 is 0 Å². The number of aryl methyl sites for hydroxylation is 5. The van der Waals surface area contributed by atoms with Crippen LogP contribution in [-0.2, 0) is 0 Å². The average Bonchev–Trinajstić information content (AvgIpc) is 3.62. The molecule has 4 aromatic carbocycles. The molecule has 5 aromatic heterocycles. The monoisotopic (exact) mass is 597 g/mol. The largest absolute Gasteiger partial charge is 0.457 e. The maximum atomic E-state index is 6.61. The second-order valence-electron chi connectivity index (χ2n) is 12.4. The van der Waals surface area contributed by atoms with Crippen LogP contribution in [0.3, 0.4) is 0 Å². The summed E-state index contributed by atoms with van der Waals surface area (Å²) in [5, 5.41) is 6.59. The quantitative estimate of drug-likeness (QED) is 0.190. The Balaban J connectivity index is 1.23. The zero-order valence-corrected chi connectivity index (χ0v) is 26.4. The van der Waals surface area contributed by atoms with Crippen molar-refractivity contribution in [3.05, 3.63) is 125 Å². The number of fused-ring (bicyclic) bond motifs is 12. The smallest absolute Gasteiger partial charge is 0.147 e. The molecule has 0 aliphatic carbocycles. The molecule has 0 atom stereocenters. The second-order valence-corrected chi connectivity index (χ2v) is 12.4. The van der Waals surface area contributed by atoms with Gasteiger partial charge in [0, 0.05) is 45.2 Å². The SMILES string of the molecule is Cc1cc(C)c(-c2cn3c4ncccc4c4ccc(Oc5ccc6c7ccccc7n7c(C)c(C)nc7c6c5)cc4c3n2)c(C)c1. The zero-order valence-electron chi connectivity index (χ0n) is 26.4. The second kappa shape index (κ2) is 9.62. The molecule has 0 saturated carbocycles. The summed E-state index contributed by atoms with van der Waals surface area (Å²) in [6.07, 6.45) is 3.96. The van der Waals surface area contributed by atoms with E-state index in [1.165, 1.54) is 27.6 Å². The van der Waals surface area contributed by atoms with Crippen LogP contribution in [0.2, 0.25) is 0 Å². The minimum absolute atomic E-state index is 0.747. The van der Waals surface area contributed by atoms with Crippen LogP contribution in [-0.4, -0.2) is 23.8 Å². The third-order valence-corrected chi connectivity index (χ3v) is 9.42. The van der Waals surface area contributed by atoms with E-state index in [4.69, 9.17) is 19.7 Å². The normalized spacial score (nSPS) is 12.0. The first-order chi connectivity index (χ1) is 22.4. The lowest BCUT2D eigenvalue weighted by Gasteiger charge is -2.12. The molecule has 0 N–H and O–H groups in total. The summed E-state index contributed by atoms with van der Waals surface area (Å²) in [5.41, 5.74) is 11.8. The third kappa shape index (κ3) is 3.80. The van der Waals surface area contributed by atoms with Crippen LogP contribution >= 0.6 is 0 Å². The average molecular weight is 598 g/mol. The minimum atomic E-state index is 0.747. The van der Waals surface area contributed by atoms with E-state index in [0.717, 1.165) is 78.0 Å². The number of benzene rings is 4. The molecule has 0 radical (unpaired) electrons. The number of rotatable bonds is 3. The highest BCUT2D eigenvalue weighted by molar-refractivity contribution is 6.13. The van der Waals surface area contributed by atoms with Crippen molar-refractivity contribution in [3.8, 4) is 22.8 Å². The molecule has 0 spiro atoms. The van der Waals surface area contributed by atoms with Crippen LogP contribution in [0.25, 0.3) is 66.0 Å². The molecule has 0 fully saturated rings. The highest BCUT2D eigenvalue weighted by Crippen LogP contribution is 2.38. The number of pyridine rings is 3. The minimum Gasteiger partial charge on any atom is -0.457 e. The van der Waals surface area contributed by atoms with Crippen LogP contribution in [0.1, 0.15) is 28.1 Å².